The summed E-state index contributed by atoms with van der Waals surface area (Å²) in [5.41, 5.74) is 0.473. The molecule has 1 spiro atoms. The van der Waals surface area contributed by atoms with Crippen molar-refractivity contribution in [3.63, 3.8) is 0 Å². The van der Waals surface area contributed by atoms with Gasteiger partial charge in [-0.15, -0.1) is 0 Å². The summed E-state index contributed by atoms with van der Waals surface area (Å²) < 4.78 is 18.8. The molecular formula is C22H26FNO2. The second-order valence-electron chi connectivity index (χ2n) is 8.65. The molecule has 1 amide bonds. The topological polar surface area (TPSA) is 29.5 Å². The van der Waals surface area contributed by atoms with E-state index < -0.39 is 0 Å². The van der Waals surface area contributed by atoms with Gasteiger partial charge in [0.2, 0.25) is 5.91 Å². The summed E-state index contributed by atoms with van der Waals surface area (Å²) in [7, 11) is 0. The number of likely N-dealkylation sites (tertiary alicyclic amines) is 1. The molecule has 0 unspecified atom stereocenters. The van der Waals surface area contributed by atoms with E-state index in [9.17, 15) is 9.18 Å². The van der Waals surface area contributed by atoms with Gasteiger partial charge in [0.25, 0.3) is 0 Å². The van der Waals surface area contributed by atoms with E-state index >= 15 is 0 Å². The van der Waals surface area contributed by atoms with Crippen molar-refractivity contribution < 1.29 is 13.9 Å². The molecule has 3 fully saturated rings. The molecule has 1 aromatic rings. The van der Waals surface area contributed by atoms with Gasteiger partial charge in [-0.05, 0) is 73.6 Å². The van der Waals surface area contributed by atoms with Crippen LogP contribution in [0.15, 0.2) is 36.4 Å². The molecule has 4 aliphatic rings. The maximum Gasteiger partial charge on any atom is 0.226 e. The fourth-order valence-corrected chi connectivity index (χ4v) is 5.64. The summed E-state index contributed by atoms with van der Waals surface area (Å²) in [6.45, 7) is 2.27. The van der Waals surface area contributed by atoms with Gasteiger partial charge in [0.15, 0.2) is 0 Å². The molecule has 1 heterocycles. The number of nitrogens with zero attached hydrogens (tertiary/aromatic N) is 1. The van der Waals surface area contributed by atoms with E-state index in [2.05, 4.69) is 17.1 Å². The van der Waals surface area contributed by atoms with Gasteiger partial charge in [-0.25, -0.2) is 4.39 Å². The minimum absolute atomic E-state index is 0.212. The highest BCUT2D eigenvalue weighted by Crippen LogP contribution is 2.70. The molecule has 4 heteroatoms. The van der Waals surface area contributed by atoms with E-state index in [4.69, 9.17) is 4.74 Å². The fourth-order valence-electron chi connectivity index (χ4n) is 5.64. The molecule has 3 aliphatic carbocycles. The second-order valence-corrected chi connectivity index (χ2v) is 8.65. The lowest BCUT2D eigenvalue weighted by atomic mass is 9.87. The second kappa shape index (κ2) is 6.11. The number of benzene rings is 1. The van der Waals surface area contributed by atoms with Crippen LogP contribution in [0.4, 0.5) is 4.39 Å². The summed E-state index contributed by atoms with van der Waals surface area (Å²) in [5.74, 6) is 2.55. The maximum absolute atomic E-state index is 13.2. The monoisotopic (exact) mass is 355 g/mol. The zero-order valence-electron chi connectivity index (χ0n) is 15.1. The first-order chi connectivity index (χ1) is 12.7. The van der Waals surface area contributed by atoms with Gasteiger partial charge in [-0.2, -0.15) is 0 Å². The number of halogens is 1. The summed E-state index contributed by atoms with van der Waals surface area (Å²) in [6.07, 6.45) is 10.5. The molecular weight excluding hydrogens is 329 g/mol. The standard InChI is InChI=1S/C22H26FNO2/c23-17-4-6-18(7-5-17)26-14-15-2-1-11-24(13-15)21(25)19-12-16-3-8-20(19)22(16)9-10-22/h3-8,15-16,19-20H,1-2,9-14H2/t15-,16-,19+,20-/m1/s1. The van der Waals surface area contributed by atoms with Crippen LogP contribution in [-0.4, -0.2) is 30.5 Å². The van der Waals surface area contributed by atoms with Crippen molar-refractivity contribution in [2.75, 3.05) is 19.7 Å². The van der Waals surface area contributed by atoms with Crippen molar-refractivity contribution in [3.05, 3.63) is 42.2 Å². The molecule has 4 atom stereocenters. The number of hydrogen-bond acceptors (Lipinski definition) is 2. The smallest absolute Gasteiger partial charge is 0.226 e. The van der Waals surface area contributed by atoms with Gasteiger partial charge in [-0.1, -0.05) is 12.2 Å². The fraction of sp³-hybridized carbons (Fsp3) is 0.591. The molecule has 1 aliphatic heterocycles. The summed E-state index contributed by atoms with van der Waals surface area (Å²) in [5, 5.41) is 0. The third-order valence-electron chi connectivity index (χ3n) is 7.17. The Kier molecular flexibility index (Phi) is 3.84. The van der Waals surface area contributed by atoms with E-state index in [1.54, 1.807) is 12.1 Å². The SMILES string of the molecule is O=C([C@H]1C[C@H]2C=C[C@H]1C21CC1)N1CCC[C@@H](COc2ccc(F)cc2)C1. The Morgan fingerprint density at radius 1 is 1.23 bits per heavy atom. The van der Waals surface area contributed by atoms with Gasteiger partial charge >= 0.3 is 0 Å². The number of hydrogen-bond donors (Lipinski definition) is 0. The summed E-state index contributed by atoms with van der Waals surface area (Å²) in [6, 6.07) is 6.17. The van der Waals surface area contributed by atoms with Crippen LogP contribution in [0.2, 0.25) is 0 Å². The summed E-state index contributed by atoms with van der Waals surface area (Å²) in [4.78, 5) is 15.3. The lowest BCUT2D eigenvalue weighted by Gasteiger charge is -2.35. The molecule has 1 aromatic carbocycles. The number of allylic oxidation sites excluding steroid dienone is 2. The molecule has 138 valence electrons. The van der Waals surface area contributed by atoms with Crippen LogP contribution in [0.5, 0.6) is 5.75 Å². The van der Waals surface area contributed by atoms with Crippen molar-refractivity contribution >= 4 is 5.91 Å². The number of carbonyl (C=O) groups excluding carboxylic acids is 1. The van der Waals surface area contributed by atoms with Crippen molar-refractivity contribution in [1.82, 2.24) is 4.90 Å². The van der Waals surface area contributed by atoms with E-state index in [1.807, 2.05) is 0 Å². The Bertz CT molecular complexity index is 724. The Balaban J connectivity index is 1.19. The normalized spacial score (nSPS) is 33.7. The Morgan fingerprint density at radius 3 is 2.77 bits per heavy atom. The van der Waals surface area contributed by atoms with Crippen LogP contribution in [-0.2, 0) is 4.79 Å². The van der Waals surface area contributed by atoms with Gasteiger partial charge in [0.05, 0.1) is 6.61 Å². The van der Waals surface area contributed by atoms with Gasteiger partial charge in [-0.3, -0.25) is 4.79 Å². The highest BCUT2D eigenvalue weighted by Gasteiger charge is 2.64. The highest BCUT2D eigenvalue weighted by atomic mass is 19.1. The molecule has 2 bridgehead atoms. The van der Waals surface area contributed by atoms with Crippen LogP contribution in [0.25, 0.3) is 0 Å². The molecule has 1 saturated heterocycles. The molecule has 0 aromatic heterocycles. The van der Waals surface area contributed by atoms with Crippen LogP contribution in [0, 0.1) is 34.9 Å². The van der Waals surface area contributed by atoms with Crippen LogP contribution >= 0.6 is 0 Å². The quantitative estimate of drug-likeness (QED) is 0.763. The molecule has 0 radical (unpaired) electrons. The van der Waals surface area contributed by atoms with E-state index in [-0.39, 0.29) is 11.7 Å². The van der Waals surface area contributed by atoms with Crippen LogP contribution in [0.1, 0.15) is 32.1 Å². The van der Waals surface area contributed by atoms with Crippen molar-refractivity contribution in [3.8, 4) is 5.75 Å². The highest BCUT2D eigenvalue weighted by molar-refractivity contribution is 5.80. The Labute approximate surface area is 154 Å². The zero-order valence-corrected chi connectivity index (χ0v) is 15.1. The average molecular weight is 355 g/mol. The molecule has 2 saturated carbocycles. The number of ether oxygens (including phenoxy) is 1. The molecule has 0 N–H and O–H groups in total. The van der Waals surface area contributed by atoms with Gasteiger partial charge in [0, 0.05) is 24.9 Å². The number of piperidine rings is 1. The predicted octanol–water partition coefficient (Wildman–Crippen LogP) is 4.05. The average Bonchev–Trinajstić information content (AvgIpc) is 3.34. The van der Waals surface area contributed by atoms with Gasteiger partial charge in [0.1, 0.15) is 11.6 Å². The number of carbonyl (C=O) groups is 1. The number of rotatable bonds is 4. The van der Waals surface area contributed by atoms with Crippen LogP contribution < -0.4 is 4.74 Å². The third-order valence-corrected chi connectivity index (χ3v) is 7.17. The third kappa shape index (κ3) is 2.65. The summed E-state index contributed by atoms with van der Waals surface area (Å²) >= 11 is 0. The lowest BCUT2D eigenvalue weighted by molar-refractivity contribution is -0.138. The van der Waals surface area contributed by atoms with Crippen LogP contribution in [0.3, 0.4) is 0 Å². The first-order valence-corrected chi connectivity index (χ1v) is 10.0. The van der Waals surface area contributed by atoms with E-state index in [0.29, 0.717) is 41.4 Å². The Morgan fingerprint density at radius 2 is 2.04 bits per heavy atom. The number of amides is 1. The lowest BCUT2D eigenvalue weighted by Crippen LogP contribution is -2.45. The first-order valence-electron chi connectivity index (χ1n) is 10.0. The maximum atomic E-state index is 13.2. The Hall–Kier alpha value is -1.84. The largest absolute Gasteiger partial charge is 0.493 e. The van der Waals surface area contributed by atoms with Crippen molar-refractivity contribution in [2.24, 2.45) is 29.1 Å². The predicted molar refractivity (Wildman–Crippen MR) is 97.1 cm³/mol. The minimum atomic E-state index is -0.250. The van der Waals surface area contributed by atoms with E-state index in [0.717, 1.165) is 32.4 Å². The molecule has 3 nitrogen and oxygen atoms in total. The molecule has 26 heavy (non-hydrogen) atoms. The minimum Gasteiger partial charge on any atom is -0.493 e. The van der Waals surface area contributed by atoms with Crippen molar-refractivity contribution in [1.29, 1.82) is 0 Å². The molecule has 5 rings (SSSR count). The van der Waals surface area contributed by atoms with Gasteiger partial charge < -0.3 is 9.64 Å². The van der Waals surface area contributed by atoms with Crippen molar-refractivity contribution in [2.45, 2.75) is 32.1 Å². The zero-order chi connectivity index (χ0) is 17.7. The first kappa shape index (κ1) is 16.3. The van der Waals surface area contributed by atoms with E-state index in [1.165, 1.54) is 25.0 Å².